The molecular formula is C23H21F6N3O3. The zero-order valence-corrected chi connectivity index (χ0v) is 18.8. The Morgan fingerprint density at radius 1 is 0.943 bits per heavy atom. The number of aromatic nitrogens is 1. The van der Waals surface area contributed by atoms with Crippen molar-refractivity contribution in [2.75, 3.05) is 18.4 Å². The van der Waals surface area contributed by atoms with E-state index in [1.165, 1.54) is 11.0 Å². The number of anilines is 1. The predicted octanol–water partition coefficient (Wildman–Crippen LogP) is 6.31. The first-order valence-corrected chi connectivity index (χ1v) is 10.4. The van der Waals surface area contributed by atoms with E-state index in [-0.39, 0.29) is 17.5 Å². The molecule has 0 saturated heterocycles. The summed E-state index contributed by atoms with van der Waals surface area (Å²) in [7, 11) is 1.69. The molecule has 0 unspecified atom stereocenters. The van der Waals surface area contributed by atoms with Crippen LogP contribution >= 0.6 is 0 Å². The lowest BCUT2D eigenvalue weighted by molar-refractivity contribution is -0.143. The monoisotopic (exact) mass is 501 g/mol. The number of alkyl halides is 6. The molecule has 6 nitrogen and oxygen atoms in total. The van der Waals surface area contributed by atoms with Gasteiger partial charge in [0.15, 0.2) is 5.75 Å². The first kappa shape index (κ1) is 25.9. The topological polar surface area (TPSA) is 63.6 Å². The molecule has 1 aromatic heterocycles. The Morgan fingerprint density at radius 3 is 2.03 bits per heavy atom. The summed E-state index contributed by atoms with van der Waals surface area (Å²) in [6.45, 7) is 4.10. The number of ether oxygens (including phenoxy) is 1. The van der Waals surface area contributed by atoms with Gasteiger partial charge in [-0.3, -0.25) is 4.79 Å². The number of hydrogen-bond donors (Lipinski definition) is 1. The SMILES string of the molecule is CCN(CC)C(=O)Oc1ccc2c(ccn2C)c1NC(=O)c1cc(C(F)(F)F)cc(C(F)(F)F)c1. The molecule has 0 saturated carbocycles. The molecule has 0 aliphatic carbocycles. The zero-order chi connectivity index (χ0) is 26.1. The number of aryl methyl sites for hydroxylation is 1. The van der Waals surface area contributed by atoms with E-state index in [0.717, 1.165) is 0 Å². The number of hydrogen-bond acceptors (Lipinski definition) is 3. The average Bonchev–Trinajstić information content (AvgIpc) is 3.15. The highest BCUT2D eigenvalue weighted by Crippen LogP contribution is 2.38. The van der Waals surface area contributed by atoms with Crippen LogP contribution in [0.15, 0.2) is 42.6 Å². The van der Waals surface area contributed by atoms with E-state index in [2.05, 4.69) is 5.32 Å². The Kier molecular flexibility index (Phi) is 7.04. The average molecular weight is 501 g/mol. The number of nitrogens with one attached hydrogen (secondary N) is 1. The van der Waals surface area contributed by atoms with Crippen molar-refractivity contribution < 1.29 is 40.7 Å². The Morgan fingerprint density at radius 2 is 1.51 bits per heavy atom. The number of benzene rings is 2. The Bertz CT molecular complexity index is 1230. The number of carbonyl (C=O) groups is 2. The van der Waals surface area contributed by atoms with Gasteiger partial charge in [-0.15, -0.1) is 0 Å². The summed E-state index contributed by atoms with van der Waals surface area (Å²) in [6, 6.07) is 5.14. The minimum atomic E-state index is -5.11. The zero-order valence-electron chi connectivity index (χ0n) is 18.8. The molecule has 0 bridgehead atoms. The first-order valence-electron chi connectivity index (χ1n) is 10.4. The summed E-state index contributed by atoms with van der Waals surface area (Å²) in [5.41, 5.74) is -3.60. The highest BCUT2D eigenvalue weighted by Gasteiger charge is 2.37. The van der Waals surface area contributed by atoms with Crippen LogP contribution in [0.1, 0.15) is 35.3 Å². The number of amides is 2. The molecule has 2 aromatic carbocycles. The highest BCUT2D eigenvalue weighted by atomic mass is 19.4. The lowest BCUT2D eigenvalue weighted by Crippen LogP contribution is -2.33. The maximum Gasteiger partial charge on any atom is 0.416 e. The molecule has 0 aliphatic heterocycles. The summed E-state index contributed by atoms with van der Waals surface area (Å²) < 4.78 is 86.4. The Hall–Kier alpha value is -3.70. The summed E-state index contributed by atoms with van der Waals surface area (Å²) in [6.07, 6.45) is -9.33. The molecule has 0 fully saturated rings. The molecule has 1 heterocycles. The normalized spacial score (nSPS) is 12.0. The molecule has 3 rings (SSSR count). The summed E-state index contributed by atoms with van der Waals surface area (Å²) in [4.78, 5) is 26.7. The quantitative estimate of drug-likeness (QED) is 0.417. The van der Waals surface area contributed by atoms with Gasteiger partial charge in [0.25, 0.3) is 5.91 Å². The molecule has 0 atom stereocenters. The van der Waals surface area contributed by atoms with Crippen molar-refractivity contribution in [3.63, 3.8) is 0 Å². The summed E-state index contributed by atoms with van der Waals surface area (Å²) in [5.74, 6) is -1.35. The van der Waals surface area contributed by atoms with Crippen molar-refractivity contribution in [1.29, 1.82) is 0 Å². The van der Waals surface area contributed by atoms with Crippen LogP contribution in [0.2, 0.25) is 0 Å². The van der Waals surface area contributed by atoms with Crippen LogP contribution in [0.3, 0.4) is 0 Å². The van der Waals surface area contributed by atoms with Gasteiger partial charge in [0, 0.05) is 37.3 Å². The van der Waals surface area contributed by atoms with E-state index >= 15 is 0 Å². The van der Waals surface area contributed by atoms with E-state index in [9.17, 15) is 35.9 Å². The molecule has 2 amide bonds. The largest absolute Gasteiger partial charge is 0.416 e. The third-order valence-electron chi connectivity index (χ3n) is 5.34. The first-order chi connectivity index (χ1) is 16.3. The second-order valence-electron chi connectivity index (χ2n) is 7.59. The minimum Gasteiger partial charge on any atom is -0.408 e. The van der Waals surface area contributed by atoms with E-state index in [0.29, 0.717) is 36.1 Å². The fourth-order valence-corrected chi connectivity index (χ4v) is 3.46. The molecule has 0 radical (unpaired) electrons. The second-order valence-corrected chi connectivity index (χ2v) is 7.59. The van der Waals surface area contributed by atoms with Gasteiger partial charge in [-0.25, -0.2) is 4.79 Å². The fourth-order valence-electron chi connectivity index (χ4n) is 3.46. The highest BCUT2D eigenvalue weighted by molar-refractivity contribution is 6.11. The van der Waals surface area contributed by atoms with Gasteiger partial charge in [0.1, 0.15) is 0 Å². The van der Waals surface area contributed by atoms with Crippen LogP contribution in [0.25, 0.3) is 10.9 Å². The molecule has 1 N–H and O–H groups in total. The molecule has 35 heavy (non-hydrogen) atoms. The van der Waals surface area contributed by atoms with Crippen LogP contribution in [0.5, 0.6) is 5.75 Å². The van der Waals surface area contributed by atoms with E-state index in [1.54, 1.807) is 43.8 Å². The minimum absolute atomic E-state index is 0.0635. The van der Waals surface area contributed by atoms with Gasteiger partial charge in [-0.05, 0) is 50.2 Å². The van der Waals surface area contributed by atoms with Gasteiger partial charge < -0.3 is 19.5 Å². The molecular weight excluding hydrogens is 480 g/mol. The number of fused-ring (bicyclic) bond motifs is 1. The van der Waals surface area contributed by atoms with E-state index < -0.39 is 41.0 Å². The summed E-state index contributed by atoms with van der Waals surface area (Å²) in [5, 5.41) is 2.71. The standard InChI is InChI=1S/C23H21F6N3O3/c1-4-32(5-2)21(34)35-18-7-6-17-16(8-9-31(17)3)19(18)30-20(33)13-10-14(22(24,25)26)12-15(11-13)23(27,28)29/h6-12H,4-5H2,1-3H3,(H,30,33). The number of nitrogens with zero attached hydrogens (tertiary/aromatic N) is 2. The smallest absolute Gasteiger partial charge is 0.408 e. The van der Waals surface area contributed by atoms with Gasteiger partial charge in [-0.1, -0.05) is 0 Å². The lowest BCUT2D eigenvalue weighted by Gasteiger charge is -2.20. The van der Waals surface area contributed by atoms with Crippen LogP contribution in [-0.2, 0) is 19.4 Å². The van der Waals surface area contributed by atoms with Crippen molar-refractivity contribution in [1.82, 2.24) is 9.47 Å². The number of halogens is 6. The predicted molar refractivity (Wildman–Crippen MR) is 116 cm³/mol. The second kappa shape index (κ2) is 9.51. The third kappa shape index (κ3) is 5.52. The van der Waals surface area contributed by atoms with Gasteiger partial charge in [0.2, 0.25) is 0 Å². The van der Waals surface area contributed by atoms with Crippen LogP contribution in [-0.4, -0.2) is 34.6 Å². The molecule has 0 spiro atoms. The lowest BCUT2D eigenvalue weighted by atomic mass is 10.0. The van der Waals surface area contributed by atoms with Crippen LogP contribution in [0.4, 0.5) is 36.8 Å². The maximum atomic E-state index is 13.2. The third-order valence-corrected chi connectivity index (χ3v) is 5.34. The molecule has 0 aliphatic rings. The molecule has 12 heteroatoms. The van der Waals surface area contributed by atoms with E-state index in [4.69, 9.17) is 4.74 Å². The van der Waals surface area contributed by atoms with Crippen molar-refractivity contribution >= 4 is 28.6 Å². The van der Waals surface area contributed by atoms with Crippen LogP contribution in [0, 0.1) is 0 Å². The molecule has 188 valence electrons. The van der Waals surface area contributed by atoms with Crippen molar-refractivity contribution in [2.24, 2.45) is 7.05 Å². The summed E-state index contributed by atoms with van der Waals surface area (Å²) >= 11 is 0. The maximum absolute atomic E-state index is 13.2. The van der Waals surface area contributed by atoms with Gasteiger partial charge >= 0.3 is 18.4 Å². The van der Waals surface area contributed by atoms with Crippen molar-refractivity contribution in [3.05, 3.63) is 59.3 Å². The Labute approximate surface area is 196 Å². The number of rotatable bonds is 5. The van der Waals surface area contributed by atoms with Gasteiger partial charge in [-0.2, -0.15) is 26.3 Å². The van der Waals surface area contributed by atoms with Crippen LogP contribution < -0.4 is 10.1 Å². The fraction of sp³-hybridized carbons (Fsp3) is 0.304. The Balaban J connectivity index is 2.08. The number of carbonyl (C=O) groups excluding carboxylic acids is 2. The van der Waals surface area contributed by atoms with Crippen molar-refractivity contribution in [2.45, 2.75) is 26.2 Å². The van der Waals surface area contributed by atoms with Gasteiger partial charge in [0.05, 0.1) is 22.3 Å². The molecule has 3 aromatic rings. The van der Waals surface area contributed by atoms with E-state index in [1.807, 2.05) is 0 Å². The van der Waals surface area contributed by atoms with Crippen molar-refractivity contribution in [3.8, 4) is 5.75 Å².